The standard InChI is InChI=1S/C21H30N6O2/c1-25(2)10-6-9-22-21-23-15-17(16-24-21)20(28)27-13-11-26(12-14-27)18-7-4-5-8-19(18)29-3/h4-5,7-8,15-16H,6,9-14H2,1-3H3,(H,22,23,24). The van der Waals surface area contributed by atoms with Crippen molar-refractivity contribution in [1.29, 1.82) is 0 Å². The molecule has 2 aromatic rings. The number of methoxy groups -OCH3 is 1. The van der Waals surface area contributed by atoms with Gasteiger partial charge >= 0.3 is 0 Å². The molecule has 0 radical (unpaired) electrons. The molecule has 156 valence electrons. The van der Waals surface area contributed by atoms with Gasteiger partial charge in [0.25, 0.3) is 5.91 Å². The maximum absolute atomic E-state index is 12.8. The fraction of sp³-hybridized carbons (Fsp3) is 0.476. The highest BCUT2D eigenvalue weighted by molar-refractivity contribution is 5.93. The quantitative estimate of drug-likeness (QED) is 0.680. The molecular weight excluding hydrogens is 368 g/mol. The Kier molecular flexibility index (Phi) is 7.24. The molecule has 0 unspecified atom stereocenters. The second kappa shape index (κ2) is 10.1. The number of ether oxygens (including phenoxy) is 1. The van der Waals surface area contributed by atoms with Crippen molar-refractivity contribution in [1.82, 2.24) is 19.8 Å². The van der Waals surface area contributed by atoms with E-state index >= 15 is 0 Å². The van der Waals surface area contributed by atoms with Crippen LogP contribution in [-0.4, -0.2) is 86.1 Å². The first-order chi connectivity index (χ1) is 14.1. The highest BCUT2D eigenvalue weighted by atomic mass is 16.5. The van der Waals surface area contributed by atoms with Gasteiger partial charge in [-0.2, -0.15) is 0 Å². The fourth-order valence-corrected chi connectivity index (χ4v) is 3.35. The van der Waals surface area contributed by atoms with E-state index in [-0.39, 0.29) is 5.91 Å². The number of carbonyl (C=O) groups excluding carboxylic acids is 1. The first-order valence-corrected chi connectivity index (χ1v) is 9.96. The van der Waals surface area contributed by atoms with Gasteiger partial charge in [-0.15, -0.1) is 0 Å². The van der Waals surface area contributed by atoms with Crippen LogP contribution in [0.1, 0.15) is 16.8 Å². The normalized spacial score (nSPS) is 14.2. The van der Waals surface area contributed by atoms with E-state index in [0.29, 0.717) is 24.6 Å². The third-order valence-corrected chi connectivity index (χ3v) is 4.96. The van der Waals surface area contributed by atoms with Gasteiger partial charge in [0.2, 0.25) is 5.95 Å². The zero-order valence-electron chi connectivity index (χ0n) is 17.5. The second-order valence-corrected chi connectivity index (χ2v) is 7.33. The topological polar surface area (TPSA) is 73.8 Å². The van der Waals surface area contributed by atoms with Crippen LogP contribution in [0.5, 0.6) is 5.75 Å². The van der Waals surface area contributed by atoms with Crippen LogP contribution in [0.25, 0.3) is 0 Å². The molecule has 1 aromatic carbocycles. The van der Waals surface area contributed by atoms with Crippen LogP contribution < -0.4 is 15.0 Å². The van der Waals surface area contributed by atoms with E-state index < -0.39 is 0 Å². The van der Waals surface area contributed by atoms with E-state index in [4.69, 9.17) is 4.74 Å². The van der Waals surface area contributed by atoms with Gasteiger partial charge in [-0.05, 0) is 39.2 Å². The van der Waals surface area contributed by atoms with E-state index in [0.717, 1.165) is 44.0 Å². The summed E-state index contributed by atoms with van der Waals surface area (Å²) in [5, 5.41) is 3.19. The molecule has 1 aliphatic rings. The number of aromatic nitrogens is 2. The lowest BCUT2D eigenvalue weighted by Crippen LogP contribution is -2.48. The van der Waals surface area contributed by atoms with E-state index in [9.17, 15) is 4.79 Å². The predicted molar refractivity (Wildman–Crippen MR) is 115 cm³/mol. The van der Waals surface area contributed by atoms with Crippen molar-refractivity contribution in [2.45, 2.75) is 6.42 Å². The Balaban J connectivity index is 1.51. The van der Waals surface area contributed by atoms with Crippen molar-refractivity contribution in [3.05, 3.63) is 42.2 Å². The maximum Gasteiger partial charge on any atom is 0.257 e. The first kappa shape index (κ1) is 20.9. The average molecular weight is 399 g/mol. The van der Waals surface area contributed by atoms with Crippen LogP contribution in [0.4, 0.5) is 11.6 Å². The van der Waals surface area contributed by atoms with E-state index in [1.165, 1.54) is 0 Å². The van der Waals surface area contributed by atoms with Crippen LogP contribution in [0.15, 0.2) is 36.7 Å². The Labute approximate surface area is 172 Å². The molecule has 0 bridgehead atoms. The molecule has 0 atom stereocenters. The highest BCUT2D eigenvalue weighted by Gasteiger charge is 2.24. The molecule has 1 saturated heterocycles. The minimum absolute atomic E-state index is 0.0242. The number of benzene rings is 1. The third-order valence-electron chi connectivity index (χ3n) is 4.96. The van der Waals surface area contributed by atoms with Crippen molar-refractivity contribution >= 4 is 17.5 Å². The largest absolute Gasteiger partial charge is 0.495 e. The van der Waals surface area contributed by atoms with Crippen molar-refractivity contribution in [2.75, 3.05) is 70.7 Å². The van der Waals surface area contributed by atoms with Crippen molar-refractivity contribution in [2.24, 2.45) is 0 Å². The molecular formula is C21H30N6O2. The lowest BCUT2D eigenvalue weighted by atomic mass is 10.2. The van der Waals surface area contributed by atoms with Crippen LogP contribution in [0.3, 0.4) is 0 Å². The van der Waals surface area contributed by atoms with Crippen molar-refractivity contribution in [3.63, 3.8) is 0 Å². The number of carbonyl (C=O) groups is 1. The zero-order chi connectivity index (χ0) is 20.6. The minimum atomic E-state index is -0.0242. The van der Waals surface area contributed by atoms with E-state index in [2.05, 4.69) is 31.2 Å². The van der Waals surface area contributed by atoms with Gasteiger partial charge in [-0.1, -0.05) is 12.1 Å². The van der Waals surface area contributed by atoms with E-state index in [1.54, 1.807) is 19.5 Å². The Hall–Kier alpha value is -2.87. The van der Waals surface area contributed by atoms with Gasteiger partial charge < -0.3 is 24.8 Å². The first-order valence-electron chi connectivity index (χ1n) is 9.96. The number of hydrogen-bond acceptors (Lipinski definition) is 7. The molecule has 1 N–H and O–H groups in total. The minimum Gasteiger partial charge on any atom is -0.495 e. The number of para-hydroxylation sites is 2. The number of nitrogens with one attached hydrogen (secondary N) is 1. The number of amides is 1. The fourth-order valence-electron chi connectivity index (χ4n) is 3.35. The summed E-state index contributed by atoms with van der Waals surface area (Å²) in [6, 6.07) is 7.97. The summed E-state index contributed by atoms with van der Waals surface area (Å²) < 4.78 is 5.45. The van der Waals surface area contributed by atoms with Gasteiger partial charge in [-0.3, -0.25) is 4.79 Å². The lowest BCUT2D eigenvalue weighted by Gasteiger charge is -2.36. The molecule has 0 saturated carbocycles. The van der Waals surface area contributed by atoms with Crippen LogP contribution >= 0.6 is 0 Å². The van der Waals surface area contributed by atoms with Gasteiger partial charge in [0, 0.05) is 45.1 Å². The molecule has 8 heteroatoms. The smallest absolute Gasteiger partial charge is 0.257 e. The molecule has 8 nitrogen and oxygen atoms in total. The van der Waals surface area contributed by atoms with Crippen molar-refractivity contribution in [3.8, 4) is 5.75 Å². The molecule has 2 heterocycles. The summed E-state index contributed by atoms with van der Waals surface area (Å²) in [5.74, 6) is 1.39. The van der Waals surface area contributed by atoms with Crippen LogP contribution in [0.2, 0.25) is 0 Å². The summed E-state index contributed by atoms with van der Waals surface area (Å²) in [6.07, 6.45) is 4.22. The molecule has 0 spiro atoms. The number of hydrogen-bond donors (Lipinski definition) is 1. The number of piperazine rings is 1. The van der Waals surface area contributed by atoms with E-state index in [1.807, 2.05) is 37.2 Å². The van der Waals surface area contributed by atoms with Gasteiger partial charge in [0.05, 0.1) is 18.4 Å². The molecule has 1 aliphatic heterocycles. The highest BCUT2D eigenvalue weighted by Crippen LogP contribution is 2.28. The molecule has 29 heavy (non-hydrogen) atoms. The Morgan fingerprint density at radius 1 is 1.14 bits per heavy atom. The number of nitrogens with zero attached hydrogens (tertiary/aromatic N) is 5. The summed E-state index contributed by atoms with van der Waals surface area (Å²) in [7, 11) is 5.78. The zero-order valence-corrected chi connectivity index (χ0v) is 17.5. The lowest BCUT2D eigenvalue weighted by molar-refractivity contribution is 0.0746. The Bertz CT molecular complexity index is 788. The molecule has 0 aliphatic carbocycles. The predicted octanol–water partition coefficient (Wildman–Crippen LogP) is 1.81. The summed E-state index contributed by atoms with van der Waals surface area (Å²) >= 11 is 0. The molecule has 1 fully saturated rings. The Morgan fingerprint density at radius 2 is 1.83 bits per heavy atom. The monoisotopic (exact) mass is 398 g/mol. The number of rotatable bonds is 8. The van der Waals surface area contributed by atoms with Crippen molar-refractivity contribution < 1.29 is 9.53 Å². The number of anilines is 2. The Morgan fingerprint density at radius 3 is 2.48 bits per heavy atom. The summed E-state index contributed by atoms with van der Waals surface area (Å²) in [5.41, 5.74) is 1.59. The van der Waals surface area contributed by atoms with Gasteiger partial charge in [0.15, 0.2) is 0 Å². The second-order valence-electron chi connectivity index (χ2n) is 7.33. The maximum atomic E-state index is 12.8. The van der Waals surface area contributed by atoms with Gasteiger partial charge in [0.1, 0.15) is 5.75 Å². The van der Waals surface area contributed by atoms with Crippen LogP contribution in [-0.2, 0) is 0 Å². The molecule has 3 rings (SSSR count). The molecule has 1 aromatic heterocycles. The van der Waals surface area contributed by atoms with Crippen LogP contribution in [0, 0.1) is 0 Å². The SMILES string of the molecule is COc1ccccc1N1CCN(C(=O)c2cnc(NCCCN(C)C)nc2)CC1. The average Bonchev–Trinajstić information content (AvgIpc) is 2.76. The summed E-state index contributed by atoms with van der Waals surface area (Å²) in [4.78, 5) is 27.6. The van der Waals surface area contributed by atoms with Gasteiger partial charge in [-0.25, -0.2) is 9.97 Å². The summed E-state index contributed by atoms with van der Waals surface area (Å²) in [6.45, 7) is 4.64. The third kappa shape index (κ3) is 5.57. The molecule has 1 amide bonds.